The van der Waals surface area contributed by atoms with Gasteiger partial charge in [0.2, 0.25) is 0 Å². The number of thioether (sulfide) groups is 1. The van der Waals surface area contributed by atoms with Crippen LogP contribution in [0.5, 0.6) is 0 Å². The summed E-state index contributed by atoms with van der Waals surface area (Å²) in [6.45, 7) is 2.24. The van der Waals surface area contributed by atoms with Gasteiger partial charge in [-0.05, 0) is 19.1 Å². The lowest BCUT2D eigenvalue weighted by Gasteiger charge is -1.98. The number of fused-ring (bicyclic) bond motifs is 1. The number of para-hydroxylation sites is 1. The first-order valence-electron chi connectivity index (χ1n) is 4.93. The quantitative estimate of drug-likeness (QED) is 0.620. The van der Waals surface area contributed by atoms with Gasteiger partial charge < -0.3 is 4.74 Å². The third-order valence-electron chi connectivity index (χ3n) is 1.89. The van der Waals surface area contributed by atoms with E-state index in [1.54, 1.807) is 18.3 Å². The average molecular weight is 253 g/mol. The first-order valence-corrected chi connectivity index (χ1v) is 6.74. The van der Waals surface area contributed by atoms with E-state index in [2.05, 4.69) is 4.98 Å². The second kappa shape index (κ2) is 5.32. The van der Waals surface area contributed by atoms with Crippen molar-refractivity contribution in [3.63, 3.8) is 0 Å². The minimum Gasteiger partial charge on any atom is -0.465 e. The van der Waals surface area contributed by atoms with Gasteiger partial charge in [-0.2, -0.15) is 0 Å². The van der Waals surface area contributed by atoms with Gasteiger partial charge in [0.05, 0.1) is 22.6 Å². The van der Waals surface area contributed by atoms with Crippen LogP contribution in [0.25, 0.3) is 10.2 Å². The van der Waals surface area contributed by atoms with Gasteiger partial charge in [-0.1, -0.05) is 23.9 Å². The number of nitrogens with zero attached hydrogens (tertiary/aromatic N) is 1. The fraction of sp³-hybridized carbons (Fsp3) is 0.273. The van der Waals surface area contributed by atoms with Crippen molar-refractivity contribution in [1.82, 2.24) is 4.98 Å². The number of esters is 1. The number of thiazole rings is 1. The summed E-state index contributed by atoms with van der Waals surface area (Å²) < 4.78 is 6.91. The van der Waals surface area contributed by atoms with E-state index in [4.69, 9.17) is 4.74 Å². The molecule has 0 unspecified atom stereocenters. The van der Waals surface area contributed by atoms with Gasteiger partial charge >= 0.3 is 5.97 Å². The number of rotatable bonds is 4. The molecular weight excluding hydrogens is 242 g/mol. The van der Waals surface area contributed by atoms with E-state index >= 15 is 0 Å². The first-order chi connectivity index (χ1) is 7.79. The predicted octanol–water partition coefficient (Wildman–Crippen LogP) is 2.95. The van der Waals surface area contributed by atoms with Crippen LogP contribution in [0.4, 0.5) is 0 Å². The molecule has 16 heavy (non-hydrogen) atoms. The van der Waals surface area contributed by atoms with E-state index in [0.29, 0.717) is 12.4 Å². The topological polar surface area (TPSA) is 39.2 Å². The highest BCUT2D eigenvalue weighted by Gasteiger charge is 2.07. The van der Waals surface area contributed by atoms with Gasteiger partial charge in [-0.3, -0.25) is 4.79 Å². The number of ether oxygens (including phenoxy) is 1. The molecule has 3 nitrogen and oxygen atoms in total. The van der Waals surface area contributed by atoms with Crippen LogP contribution in [0, 0.1) is 0 Å². The molecule has 2 aromatic rings. The number of carbonyl (C=O) groups excluding carboxylic acids is 1. The van der Waals surface area contributed by atoms with Crippen LogP contribution < -0.4 is 0 Å². The minimum absolute atomic E-state index is 0.188. The summed E-state index contributed by atoms with van der Waals surface area (Å²) in [5, 5.41) is 0. The highest BCUT2D eigenvalue weighted by molar-refractivity contribution is 8.01. The maximum atomic E-state index is 11.2. The molecule has 0 saturated carbocycles. The zero-order valence-electron chi connectivity index (χ0n) is 8.80. The van der Waals surface area contributed by atoms with Crippen molar-refractivity contribution < 1.29 is 9.53 Å². The minimum atomic E-state index is -0.188. The summed E-state index contributed by atoms with van der Waals surface area (Å²) in [7, 11) is 0. The standard InChI is InChI=1S/C11H11NO2S2/c1-2-14-10(13)7-15-11-12-8-5-3-4-6-9(8)16-11/h3-6H,2,7H2,1H3. The van der Waals surface area contributed by atoms with Crippen molar-refractivity contribution >= 4 is 39.3 Å². The number of benzene rings is 1. The highest BCUT2D eigenvalue weighted by atomic mass is 32.2. The molecule has 0 N–H and O–H groups in total. The zero-order valence-corrected chi connectivity index (χ0v) is 10.4. The molecular formula is C11H11NO2S2. The molecule has 1 aromatic heterocycles. The number of hydrogen-bond acceptors (Lipinski definition) is 5. The third-order valence-corrected chi connectivity index (χ3v) is 4.05. The Balaban J connectivity index is 2.02. The number of hydrogen-bond donors (Lipinski definition) is 0. The molecule has 1 aromatic carbocycles. The fourth-order valence-corrected chi connectivity index (χ4v) is 3.10. The van der Waals surface area contributed by atoms with E-state index in [-0.39, 0.29) is 5.97 Å². The Hall–Kier alpha value is -1.07. The Bertz CT molecular complexity index is 462. The second-order valence-corrected chi connectivity index (χ2v) is 5.29. The van der Waals surface area contributed by atoms with Crippen LogP contribution >= 0.6 is 23.1 Å². The van der Waals surface area contributed by atoms with Crippen LogP contribution in [0.3, 0.4) is 0 Å². The Labute approximate surface area is 102 Å². The molecule has 0 aliphatic rings. The summed E-state index contributed by atoms with van der Waals surface area (Å²) in [4.78, 5) is 15.6. The van der Waals surface area contributed by atoms with Crippen molar-refractivity contribution in [2.45, 2.75) is 11.3 Å². The van der Waals surface area contributed by atoms with E-state index in [9.17, 15) is 4.79 Å². The molecule has 0 aliphatic carbocycles. The summed E-state index contributed by atoms with van der Waals surface area (Å²) in [6.07, 6.45) is 0. The third kappa shape index (κ3) is 2.74. The Morgan fingerprint density at radius 3 is 3.06 bits per heavy atom. The molecule has 2 rings (SSSR count). The maximum absolute atomic E-state index is 11.2. The Morgan fingerprint density at radius 2 is 2.31 bits per heavy atom. The summed E-state index contributed by atoms with van der Waals surface area (Å²) in [6, 6.07) is 7.95. The average Bonchev–Trinajstić information content (AvgIpc) is 2.69. The lowest BCUT2D eigenvalue weighted by Crippen LogP contribution is -2.06. The van der Waals surface area contributed by atoms with E-state index in [0.717, 1.165) is 14.6 Å². The van der Waals surface area contributed by atoms with Crippen molar-refractivity contribution in [1.29, 1.82) is 0 Å². The van der Waals surface area contributed by atoms with E-state index in [1.165, 1.54) is 11.8 Å². The Kier molecular flexibility index (Phi) is 3.79. The molecule has 0 amide bonds. The van der Waals surface area contributed by atoms with Crippen LogP contribution in [-0.4, -0.2) is 23.3 Å². The van der Waals surface area contributed by atoms with Gasteiger partial charge in [0, 0.05) is 0 Å². The van der Waals surface area contributed by atoms with Gasteiger partial charge in [-0.25, -0.2) is 4.98 Å². The molecule has 0 fully saturated rings. The SMILES string of the molecule is CCOC(=O)CSc1nc2ccccc2s1. The Morgan fingerprint density at radius 1 is 1.50 bits per heavy atom. The monoisotopic (exact) mass is 253 g/mol. The van der Waals surface area contributed by atoms with Crippen LogP contribution in [0.2, 0.25) is 0 Å². The molecule has 5 heteroatoms. The van der Waals surface area contributed by atoms with Gasteiger partial charge in [0.15, 0.2) is 4.34 Å². The van der Waals surface area contributed by atoms with Crippen molar-refractivity contribution in [3.8, 4) is 0 Å². The van der Waals surface area contributed by atoms with Crippen LogP contribution in [-0.2, 0) is 9.53 Å². The molecule has 0 bridgehead atoms. The van der Waals surface area contributed by atoms with Gasteiger partial charge in [0.25, 0.3) is 0 Å². The van der Waals surface area contributed by atoms with Crippen molar-refractivity contribution in [2.24, 2.45) is 0 Å². The summed E-state index contributed by atoms with van der Waals surface area (Å²) >= 11 is 3.03. The van der Waals surface area contributed by atoms with Crippen LogP contribution in [0.1, 0.15) is 6.92 Å². The van der Waals surface area contributed by atoms with Gasteiger partial charge in [-0.15, -0.1) is 11.3 Å². The lowest BCUT2D eigenvalue weighted by molar-refractivity contribution is -0.139. The fourth-order valence-electron chi connectivity index (χ4n) is 1.24. The zero-order chi connectivity index (χ0) is 11.4. The van der Waals surface area contributed by atoms with Crippen molar-refractivity contribution in [3.05, 3.63) is 24.3 Å². The molecule has 0 spiro atoms. The molecule has 1 heterocycles. The van der Waals surface area contributed by atoms with E-state index in [1.807, 2.05) is 24.3 Å². The molecule has 84 valence electrons. The molecule has 0 saturated heterocycles. The number of aromatic nitrogens is 1. The van der Waals surface area contributed by atoms with E-state index < -0.39 is 0 Å². The smallest absolute Gasteiger partial charge is 0.316 e. The van der Waals surface area contributed by atoms with Crippen molar-refractivity contribution in [2.75, 3.05) is 12.4 Å². The summed E-state index contributed by atoms with van der Waals surface area (Å²) in [5.41, 5.74) is 0.985. The largest absolute Gasteiger partial charge is 0.465 e. The second-order valence-electron chi connectivity index (χ2n) is 3.04. The van der Waals surface area contributed by atoms with Crippen LogP contribution in [0.15, 0.2) is 28.6 Å². The molecule has 0 radical (unpaired) electrons. The predicted molar refractivity (Wildman–Crippen MR) is 67.0 cm³/mol. The maximum Gasteiger partial charge on any atom is 0.316 e. The van der Waals surface area contributed by atoms with Gasteiger partial charge in [0.1, 0.15) is 0 Å². The first kappa shape index (κ1) is 11.4. The summed E-state index contributed by atoms with van der Waals surface area (Å²) in [5.74, 6) is 0.139. The molecule has 0 atom stereocenters. The number of carbonyl (C=O) groups is 1. The molecule has 0 aliphatic heterocycles. The highest BCUT2D eigenvalue weighted by Crippen LogP contribution is 2.29. The lowest BCUT2D eigenvalue weighted by atomic mass is 10.3. The normalized spacial score (nSPS) is 10.6.